The summed E-state index contributed by atoms with van der Waals surface area (Å²) in [5.41, 5.74) is 7.32. The molecule has 0 bridgehead atoms. The molecule has 140 valence electrons. The highest BCUT2D eigenvalue weighted by Gasteiger charge is 2.26. The number of hydrogen-bond donors (Lipinski definition) is 2. The Kier molecular flexibility index (Phi) is 5.54. The van der Waals surface area contributed by atoms with E-state index in [-0.39, 0.29) is 11.3 Å². The van der Waals surface area contributed by atoms with Gasteiger partial charge in [0.05, 0.1) is 0 Å². The Bertz CT molecular complexity index is 798. The maximum atomic E-state index is 13.0. The van der Waals surface area contributed by atoms with Crippen LogP contribution in [0.15, 0.2) is 24.3 Å². The second-order valence-electron chi connectivity index (χ2n) is 8.08. The van der Waals surface area contributed by atoms with Crippen molar-refractivity contribution < 1.29 is 9.59 Å². The predicted molar refractivity (Wildman–Crippen MR) is 103 cm³/mol. The molecule has 6 nitrogen and oxygen atoms in total. The van der Waals surface area contributed by atoms with Crippen LogP contribution in [0.4, 0.5) is 0 Å². The van der Waals surface area contributed by atoms with Gasteiger partial charge in [0.2, 0.25) is 5.91 Å². The highest BCUT2D eigenvalue weighted by molar-refractivity contribution is 5.99. The van der Waals surface area contributed by atoms with Crippen molar-refractivity contribution in [3.05, 3.63) is 41.3 Å². The number of benzene rings is 1. The molecule has 2 amide bonds. The van der Waals surface area contributed by atoms with Gasteiger partial charge in [-0.25, -0.2) is 4.98 Å². The summed E-state index contributed by atoms with van der Waals surface area (Å²) in [6.07, 6.45) is 0. The van der Waals surface area contributed by atoms with E-state index in [0.717, 1.165) is 11.4 Å². The third-order valence-electron chi connectivity index (χ3n) is 4.06. The quantitative estimate of drug-likeness (QED) is 0.861. The number of primary amides is 1. The summed E-state index contributed by atoms with van der Waals surface area (Å²) < 4.78 is 0. The Balaban J connectivity index is 2.51. The first kappa shape index (κ1) is 19.7. The Morgan fingerprint density at radius 1 is 1.19 bits per heavy atom. The molecular weight excluding hydrogens is 328 g/mol. The molecule has 0 saturated carbocycles. The van der Waals surface area contributed by atoms with Crippen LogP contribution < -0.4 is 5.73 Å². The predicted octanol–water partition coefficient (Wildman–Crippen LogP) is 3.20. The SMILES string of the molecule is CC(C)CN(C)C(=O)c1[nH]c(C(C)(C)C)nc1-c1ccc(C(N)=O)cc1. The summed E-state index contributed by atoms with van der Waals surface area (Å²) in [5.74, 6) is 0.526. The van der Waals surface area contributed by atoms with Crippen molar-refractivity contribution in [3.63, 3.8) is 0 Å². The third kappa shape index (κ3) is 4.31. The summed E-state index contributed by atoms with van der Waals surface area (Å²) in [7, 11) is 1.79. The van der Waals surface area contributed by atoms with Gasteiger partial charge >= 0.3 is 0 Å². The van der Waals surface area contributed by atoms with Gasteiger partial charge in [0, 0.05) is 30.1 Å². The highest BCUT2D eigenvalue weighted by Crippen LogP contribution is 2.28. The first-order chi connectivity index (χ1) is 12.0. The Morgan fingerprint density at radius 2 is 1.77 bits per heavy atom. The summed E-state index contributed by atoms with van der Waals surface area (Å²) in [6, 6.07) is 6.83. The molecule has 0 aliphatic rings. The second kappa shape index (κ2) is 7.32. The maximum absolute atomic E-state index is 13.0. The molecule has 0 aliphatic carbocycles. The fraction of sp³-hybridized carbons (Fsp3) is 0.450. The van der Waals surface area contributed by atoms with Crippen molar-refractivity contribution in [2.75, 3.05) is 13.6 Å². The molecule has 26 heavy (non-hydrogen) atoms. The van der Waals surface area contributed by atoms with E-state index < -0.39 is 5.91 Å². The molecule has 0 spiro atoms. The molecule has 0 radical (unpaired) electrons. The number of H-pyrrole nitrogens is 1. The van der Waals surface area contributed by atoms with Crippen molar-refractivity contribution in [3.8, 4) is 11.3 Å². The van der Waals surface area contributed by atoms with Gasteiger partial charge in [-0.05, 0) is 18.1 Å². The number of hydrogen-bond acceptors (Lipinski definition) is 3. The van der Waals surface area contributed by atoms with Gasteiger partial charge in [-0.1, -0.05) is 46.8 Å². The molecule has 2 rings (SSSR count). The fourth-order valence-corrected chi connectivity index (χ4v) is 2.71. The van der Waals surface area contributed by atoms with Crippen molar-refractivity contribution >= 4 is 11.8 Å². The van der Waals surface area contributed by atoms with E-state index in [1.54, 1.807) is 36.2 Å². The van der Waals surface area contributed by atoms with Crippen LogP contribution in [-0.4, -0.2) is 40.3 Å². The number of amides is 2. The number of nitrogens with two attached hydrogens (primary N) is 1. The minimum absolute atomic E-state index is 0.101. The fourth-order valence-electron chi connectivity index (χ4n) is 2.71. The number of carbonyl (C=O) groups is 2. The van der Waals surface area contributed by atoms with Gasteiger partial charge in [-0.3, -0.25) is 9.59 Å². The lowest BCUT2D eigenvalue weighted by molar-refractivity contribution is 0.0774. The van der Waals surface area contributed by atoms with Gasteiger partial charge in [-0.15, -0.1) is 0 Å². The van der Waals surface area contributed by atoms with E-state index >= 15 is 0 Å². The molecule has 1 aromatic heterocycles. The zero-order valence-corrected chi connectivity index (χ0v) is 16.4. The van der Waals surface area contributed by atoms with Gasteiger partial charge in [0.15, 0.2) is 0 Å². The van der Waals surface area contributed by atoms with E-state index in [0.29, 0.717) is 29.4 Å². The monoisotopic (exact) mass is 356 g/mol. The Morgan fingerprint density at radius 3 is 2.23 bits per heavy atom. The molecule has 6 heteroatoms. The molecule has 2 aromatic rings. The van der Waals surface area contributed by atoms with E-state index in [2.05, 4.69) is 23.8 Å². The third-order valence-corrected chi connectivity index (χ3v) is 4.06. The smallest absolute Gasteiger partial charge is 0.272 e. The number of aromatic nitrogens is 2. The van der Waals surface area contributed by atoms with Crippen molar-refractivity contribution in [1.82, 2.24) is 14.9 Å². The Hall–Kier alpha value is -2.63. The minimum atomic E-state index is -0.484. The average molecular weight is 356 g/mol. The Labute approximate surface area is 154 Å². The van der Waals surface area contributed by atoms with E-state index in [1.165, 1.54) is 0 Å². The number of rotatable bonds is 5. The minimum Gasteiger partial charge on any atom is -0.366 e. The summed E-state index contributed by atoms with van der Waals surface area (Å²) in [4.78, 5) is 33.9. The normalized spacial score (nSPS) is 11.7. The summed E-state index contributed by atoms with van der Waals surface area (Å²) >= 11 is 0. The van der Waals surface area contributed by atoms with Crippen LogP contribution in [0.2, 0.25) is 0 Å². The largest absolute Gasteiger partial charge is 0.366 e. The van der Waals surface area contributed by atoms with Crippen molar-refractivity contribution in [2.24, 2.45) is 11.7 Å². The molecule has 0 aliphatic heterocycles. The van der Waals surface area contributed by atoms with Gasteiger partial charge in [-0.2, -0.15) is 0 Å². The molecule has 0 saturated heterocycles. The lowest BCUT2D eigenvalue weighted by Gasteiger charge is -2.19. The summed E-state index contributed by atoms with van der Waals surface area (Å²) in [6.45, 7) is 10.9. The number of nitrogens with zero attached hydrogens (tertiary/aromatic N) is 2. The lowest BCUT2D eigenvalue weighted by atomic mass is 9.96. The molecule has 3 N–H and O–H groups in total. The summed E-state index contributed by atoms with van der Waals surface area (Å²) in [5, 5.41) is 0. The van der Waals surface area contributed by atoms with Gasteiger partial charge in [0.1, 0.15) is 17.2 Å². The number of aromatic amines is 1. The molecule has 0 unspecified atom stereocenters. The zero-order chi connectivity index (χ0) is 19.6. The van der Waals surface area contributed by atoms with Crippen molar-refractivity contribution in [2.45, 2.75) is 40.0 Å². The van der Waals surface area contributed by atoms with Crippen molar-refractivity contribution in [1.29, 1.82) is 0 Å². The second-order valence-corrected chi connectivity index (χ2v) is 8.08. The zero-order valence-electron chi connectivity index (χ0n) is 16.4. The average Bonchev–Trinajstić information content (AvgIpc) is 2.99. The lowest BCUT2D eigenvalue weighted by Crippen LogP contribution is -2.31. The molecule has 0 atom stereocenters. The van der Waals surface area contributed by atoms with Crippen LogP contribution in [0, 0.1) is 5.92 Å². The first-order valence-electron chi connectivity index (χ1n) is 8.77. The number of imidazole rings is 1. The van der Waals surface area contributed by atoms with E-state index in [4.69, 9.17) is 5.73 Å². The first-order valence-corrected chi connectivity index (χ1v) is 8.77. The maximum Gasteiger partial charge on any atom is 0.272 e. The van der Waals surface area contributed by atoms with Crippen LogP contribution in [0.1, 0.15) is 61.3 Å². The van der Waals surface area contributed by atoms with E-state index in [1.807, 2.05) is 20.8 Å². The molecule has 1 aromatic carbocycles. The number of nitrogens with one attached hydrogen (secondary N) is 1. The highest BCUT2D eigenvalue weighted by atomic mass is 16.2. The van der Waals surface area contributed by atoms with Crippen LogP contribution in [0.25, 0.3) is 11.3 Å². The van der Waals surface area contributed by atoms with Crippen LogP contribution in [0.3, 0.4) is 0 Å². The standard InChI is InChI=1S/C20H28N4O2/c1-12(2)11-24(6)18(26)16-15(22-19(23-16)20(3,4)5)13-7-9-14(10-8-13)17(21)25/h7-10,12H,11H2,1-6H3,(H2,21,25)(H,22,23). The molecule has 0 fully saturated rings. The molecular formula is C20H28N4O2. The van der Waals surface area contributed by atoms with Crippen LogP contribution >= 0.6 is 0 Å². The van der Waals surface area contributed by atoms with Gasteiger partial charge in [0.25, 0.3) is 5.91 Å². The van der Waals surface area contributed by atoms with Crippen LogP contribution in [-0.2, 0) is 5.41 Å². The van der Waals surface area contributed by atoms with E-state index in [9.17, 15) is 9.59 Å². The molecule has 1 heterocycles. The van der Waals surface area contributed by atoms with Crippen LogP contribution in [0.5, 0.6) is 0 Å². The van der Waals surface area contributed by atoms with Gasteiger partial charge < -0.3 is 15.6 Å². The number of carbonyl (C=O) groups excluding carboxylic acids is 2. The topological polar surface area (TPSA) is 92.1 Å².